The molecule has 1 aromatic carbocycles. The molecule has 3 nitrogen and oxygen atoms in total. The van der Waals surface area contributed by atoms with Gasteiger partial charge in [-0.15, -0.1) is 0 Å². The first-order chi connectivity index (χ1) is 7.75. The van der Waals surface area contributed by atoms with Gasteiger partial charge in [0.2, 0.25) is 0 Å². The Kier molecular flexibility index (Phi) is 3.98. The minimum absolute atomic E-state index is 0.741. The summed E-state index contributed by atoms with van der Waals surface area (Å²) < 4.78 is 0.995. The highest BCUT2D eigenvalue weighted by Crippen LogP contribution is 2.21. The van der Waals surface area contributed by atoms with Gasteiger partial charge in [0.25, 0.3) is 0 Å². The molecule has 0 aliphatic carbocycles. The van der Waals surface area contributed by atoms with Crippen LogP contribution in [0.2, 0.25) is 5.02 Å². The van der Waals surface area contributed by atoms with Crippen LogP contribution in [-0.4, -0.2) is 10.2 Å². The van der Waals surface area contributed by atoms with E-state index < -0.39 is 0 Å². The molecule has 0 saturated heterocycles. The van der Waals surface area contributed by atoms with Crippen LogP contribution in [0.3, 0.4) is 0 Å². The van der Waals surface area contributed by atoms with Crippen LogP contribution in [0.5, 0.6) is 0 Å². The highest BCUT2D eigenvalue weighted by Gasteiger charge is 2.00. The third-order valence-corrected chi connectivity index (χ3v) is 3.05. The van der Waals surface area contributed by atoms with E-state index in [4.69, 9.17) is 11.6 Å². The van der Waals surface area contributed by atoms with E-state index in [1.165, 1.54) is 0 Å². The van der Waals surface area contributed by atoms with Gasteiger partial charge in [-0.1, -0.05) is 33.6 Å². The zero-order valence-corrected chi connectivity index (χ0v) is 10.8. The lowest BCUT2D eigenvalue weighted by Gasteiger charge is -2.06. The quantitative estimate of drug-likeness (QED) is 0.911. The fourth-order valence-corrected chi connectivity index (χ4v) is 2.12. The van der Waals surface area contributed by atoms with Gasteiger partial charge in [0.15, 0.2) is 0 Å². The number of H-pyrrole nitrogens is 1. The van der Waals surface area contributed by atoms with Gasteiger partial charge in [0.05, 0.1) is 0 Å². The van der Waals surface area contributed by atoms with Gasteiger partial charge in [-0.3, -0.25) is 5.10 Å². The first-order valence-corrected chi connectivity index (χ1v) is 6.05. The average Bonchev–Trinajstić information content (AvgIpc) is 2.74. The highest BCUT2D eigenvalue weighted by atomic mass is 79.9. The van der Waals surface area contributed by atoms with E-state index in [2.05, 4.69) is 31.4 Å². The number of hydrogen-bond donors (Lipinski definition) is 2. The molecule has 0 spiro atoms. The largest absolute Gasteiger partial charge is 0.307 e. The molecule has 0 aliphatic rings. The predicted octanol–water partition coefficient (Wildman–Crippen LogP) is 3.12. The lowest BCUT2D eigenvalue weighted by atomic mass is 10.2. The van der Waals surface area contributed by atoms with Crippen molar-refractivity contribution in [1.82, 2.24) is 15.5 Å². The van der Waals surface area contributed by atoms with Crippen LogP contribution >= 0.6 is 27.5 Å². The molecular formula is C11H11BrClN3. The molecule has 0 fully saturated rings. The Bertz CT molecular complexity index is 456. The number of aromatic nitrogens is 2. The van der Waals surface area contributed by atoms with Crippen LogP contribution in [-0.2, 0) is 13.1 Å². The highest BCUT2D eigenvalue weighted by molar-refractivity contribution is 9.10. The van der Waals surface area contributed by atoms with Crippen LogP contribution in [0.4, 0.5) is 0 Å². The normalized spacial score (nSPS) is 10.6. The van der Waals surface area contributed by atoms with E-state index in [-0.39, 0.29) is 0 Å². The van der Waals surface area contributed by atoms with Crippen LogP contribution < -0.4 is 5.32 Å². The fourth-order valence-electron chi connectivity index (χ4n) is 1.38. The van der Waals surface area contributed by atoms with Gasteiger partial charge < -0.3 is 5.32 Å². The molecule has 2 aromatic rings. The number of benzene rings is 1. The van der Waals surface area contributed by atoms with Gasteiger partial charge in [-0.25, -0.2) is 0 Å². The predicted molar refractivity (Wildman–Crippen MR) is 68.3 cm³/mol. The minimum atomic E-state index is 0.741. The summed E-state index contributed by atoms with van der Waals surface area (Å²) in [4.78, 5) is 0. The summed E-state index contributed by atoms with van der Waals surface area (Å²) in [5.74, 6) is 0. The van der Waals surface area contributed by atoms with Crippen molar-refractivity contribution in [1.29, 1.82) is 0 Å². The Morgan fingerprint density at radius 3 is 2.88 bits per heavy atom. The van der Waals surface area contributed by atoms with Gasteiger partial charge in [0.1, 0.15) is 0 Å². The molecule has 1 heterocycles. The van der Waals surface area contributed by atoms with E-state index in [0.717, 1.165) is 33.8 Å². The van der Waals surface area contributed by atoms with Crippen molar-refractivity contribution in [2.75, 3.05) is 0 Å². The second-order valence-electron chi connectivity index (χ2n) is 3.42. The Hall–Kier alpha value is -0.840. The van der Waals surface area contributed by atoms with E-state index in [1.54, 1.807) is 6.20 Å². The maximum absolute atomic E-state index is 6.10. The lowest BCUT2D eigenvalue weighted by Crippen LogP contribution is -2.13. The van der Waals surface area contributed by atoms with E-state index in [0.29, 0.717) is 0 Å². The molecule has 2 rings (SSSR count). The van der Waals surface area contributed by atoms with Crippen molar-refractivity contribution in [3.05, 3.63) is 51.2 Å². The Balaban J connectivity index is 1.90. The monoisotopic (exact) mass is 299 g/mol. The molecule has 0 bridgehead atoms. The van der Waals surface area contributed by atoms with E-state index in [1.807, 2.05) is 24.3 Å². The summed E-state index contributed by atoms with van der Waals surface area (Å²) in [6.45, 7) is 1.50. The molecule has 1 aromatic heterocycles. The zero-order valence-electron chi connectivity index (χ0n) is 8.50. The minimum Gasteiger partial charge on any atom is -0.307 e. The van der Waals surface area contributed by atoms with Gasteiger partial charge in [0, 0.05) is 34.5 Å². The topological polar surface area (TPSA) is 40.7 Å². The molecule has 0 amide bonds. The third kappa shape index (κ3) is 3.07. The van der Waals surface area contributed by atoms with Crippen LogP contribution in [0, 0.1) is 0 Å². The first-order valence-electron chi connectivity index (χ1n) is 4.88. The number of nitrogens with zero attached hydrogens (tertiary/aromatic N) is 1. The summed E-state index contributed by atoms with van der Waals surface area (Å²) in [5, 5.41) is 10.8. The van der Waals surface area contributed by atoms with Gasteiger partial charge in [-0.2, -0.15) is 5.10 Å². The lowest BCUT2D eigenvalue weighted by molar-refractivity contribution is 0.677. The third-order valence-electron chi connectivity index (χ3n) is 2.20. The van der Waals surface area contributed by atoms with Crippen molar-refractivity contribution >= 4 is 27.5 Å². The summed E-state index contributed by atoms with van der Waals surface area (Å²) in [7, 11) is 0. The molecule has 84 valence electrons. The number of nitrogens with one attached hydrogen (secondary N) is 2. The second-order valence-corrected chi connectivity index (χ2v) is 4.74. The summed E-state index contributed by atoms with van der Waals surface area (Å²) in [6, 6.07) is 7.83. The Labute approximate surface area is 107 Å². The zero-order chi connectivity index (χ0) is 11.4. The standard InChI is InChI=1S/C11H11BrClN3/c12-9-2-1-8(11(13)5-9)6-14-7-10-3-4-15-16-10/h1-5,14H,6-7H2,(H,15,16). The van der Waals surface area contributed by atoms with Crippen molar-refractivity contribution in [3.63, 3.8) is 0 Å². The number of rotatable bonds is 4. The van der Waals surface area contributed by atoms with Crippen LogP contribution in [0.25, 0.3) is 0 Å². The van der Waals surface area contributed by atoms with Crippen molar-refractivity contribution in [2.45, 2.75) is 13.1 Å². The van der Waals surface area contributed by atoms with Crippen molar-refractivity contribution < 1.29 is 0 Å². The summed E-state index contributed by atoms with van der Waals surface area (Å²) in [5.41, 5.74) is 2.15. The van der Waals surface area contributed by atoms with Crippen LogP contribution in [0.1, 0.15) is 11.3 Å². The van der Waals surface area contributed by atoms with Crippen molar-refractivity contribution in [3.8, 4) is 0 Å². The average molecular weight is 301 g/mol. The summed E-state index contributed by atoms with van der Waals surface area (Å²) >= 11 is 9.48. The molecule has 5 heteroatoms. The summed E-state index contributed by atoms with van der Waals surface area (Å²) in [6.07, 6.45) is 1.74. The molecule has 0 saturated carbocycles. The molecule has 0 aliphatic heterocycles. The molecule has 0 unspecified atom stereocenters. The maximum Gasteiger partial charge on any atom is 0.0490 e. The van der Waals surface area contributed by atoms with Gasteiger partial charge in [-0.05, 0) is 23.8 Å². The molecule has 0 atom stereocenters. The Morgan fingerprint density at radius 1 is 1.31 bits per heavy atom. The van der Waals surface area contributed by atoms with E-state index >= 15 is 0 Å². The molecule has 2 N–H and O–H groups in total. The second kappa shape index (κ2) is 5.48. The maximum atomic E-state index is 6.10. The van der Waals surface area contributed by atoms with Crippen LogP contribution in [0.15, 0.2) is 34.9 Å². The SMILES string of the molecule is Clc1cc(Br)ccc1CNCc1ccn[nH]1. The first kappa shape index (κ1) is 11.6. The van der Waals surface area contributed by atoms with Crippen molar-refractivity contribution in [2.24, 2.45) is 0 Å². The Morgan fingerprint density at radius 2 is 2.19 bits per heavy atom. The number of hydrogen-bond acceptors (Lipinski definition) is 2. The number of halogens is 2. The molecular weight excluding hydrogens is 289 g/mol. The molecule has 0 radical (unpaired) electrons. The molecule has 16 heavy (non-hydrogen) atoms. The smallest absolute Gasteiger partial charge is 0.0490 e. The van der Waals surface area contributed by atoms with E-state index in [9.17, 15) is 0 Å². The fraction of sp³-hybridized carbons (Fsp3) is 0.182. The van der Waals surface area contributed by atoms with Gasteiger partial charge >= 0.3 is 0 Å². The number of aromatic amines is 1.